The fraction of sp³-hybridized carbons (Fsp3) is 0.143. The zero-order valence-corrected chi connectivity index (χ0v) is 15.1. The summed E-state index contributed by atoms with van der Waals surface area (Å²) in [6.07, 6.45) is 2.97. The van der Waals surface area contributed by atoms with Crippen molar-refractivity contribution in [3.05, 3.63) is 82.6 Å². The van der Waals surface area contributed by atoms with E-state index in [0.29, 0.717) is 28.6 Å². The van der Waals surface area contributed by atoms with Crippen LogP contribution in [0.15, 0.2) is 60.8 Å². The predicted octanol–water partition coefficient (Wildman–Crippen LogP) is 4.36. The average Bonchev–Trinajstić information content (AvgIpc) is 3.10. The zero-order valence-electron chi connectivity index (χ0n) is 14.3. The molecule has 1 atom stereocenters. The number of fused-ring (bicyclic) bond motifs is 2. The minimum atomic E-state index is 0.100. The van der Waals surface area contributed by atoms with Gasteiger partial charge in [-0.05, 0) is 42.2 Å². The first kappa shape index (κ1) is 16.1. The Bertz CT molecular complexity index is 1150. The molecule has 6 heteroatoms. The molecule has 2 heterocycles. The molecule has 4 aromatic rings. The van der Waals surface area contributed by atoms with Gasteiger partial charge in [-0.2, -0.15) is 4.98 Å². The summed E-state index contributed by atoms with van der Waals surface area (Å²) >= 11 is 5.95. The van der Waals surface area contributed by atoms with Crippen molar-refractivity contribution in [2.45, 2.75) is 18.8 Å². The molecule has 0 spiro atoms. The summed E-state index contributed by atoms with van der Waals surface area (Å²) in [5, 5.41) is 5.14. The molecule has 2 aromatic carbocycles. The number of nitrogens with zero attached hydrogens (tertiary/aromatic N) is 4. The van der Waals surface area contributed by atoms with Crippen LogP contribution in [0.1, 0.15) is 34.0 Å². The Labute approximate surface area is 160 Å². The fourth-order valence-corrected chi connectivity index (χ4v) is 3.69. The van der Waals surface area contributed by atoms with Crippen molar-refractivity contribution in [1.29, 1.82) is 0 Å². The van der Waals surface area contributed by atoms with E-state index in [-0.39, 0.29) is 11.7 Å². The topological polar surface area (TPSA) is 60.2 Å². The Kier molecular flexibility index (Phi) is 3.76. The fourth-order valence-electron chi connectivity index (χ4n) is 3.57. The number of aromatic nitrogens is 4. The summed E-state index contributed by atoms with van der Waals surface area (Å²) in [6, 6.07) is 17.5. The van der Waals surface area contributed by atoms with Gasteiger partial charge in [0.25, 0.3) is 5.78 Å². The first-order valence-corrected chi connectivity index (χ1v) is 9.15. The molecule has 0 N–H and O–H groups in total. The number of hydrogen-bond acceptors (Lipinski definition) is 4. The molecule has 5 rings (SSSR count). The van der Waals surface area contributed by atoms with Gasteiger partial charge in [-0.15, -0.1) is 5.10 Å². The SMILES string of the molecule is O=C1CC(c2ccccc2)Cc2nc3nc(-c4ccc(Cl)cc4)nn3cc21. The second-order valence-corrected chi connectivity index (χ2v) is 7.16. The van der Waals surface area contributed by atoms with Crippen LogP contribution >= 0.6 is 11.6 Å². The number of halogens is 1. The summed E-state index contributed by atoms with van der Waals surface area (Å²) < 4.78 is 1.59. The number of rotatable bonds is 2. The van der Waals surface area contributed by atoms with Crippen LogP contribution in [0.2, 0.25) is 5.02 Å². The Balaban J connectivity index is 1.56. The van der Waals surface area contributed by atoms with Gasteiger partial charge in [-0.3, -0.25) is 4.79 Å². The van der Waals surface area contributed by atoms with E-state index < -0.39 is 0 Å². The van der Waals surface area contributed by atoms with E-state index in [4.69, 9.17) is 11.6 Å². The van der Waals surface area contributed by atoms with Crippen LogP contribution in [0.3, 0.4) is 0 Å². The molecule has 132 valence electrons. The van der Waals surface area contributed by atoms with Gasteiger partial charge in [0.2, 0.25) is 0 Å². The van der Waals surface area contributed by atoms with E-state index in [2.05, 4.69) is 27.2 Å². The summed E-state index contributed by atoms with van der Waals surface area (Å²) in [6.45, 7) is 0. The van der Waals surface area contributed by atoms with Crippen molar-refractivity contribution in [3.63, 3.8) is 0 Å². The number of benzene rings is 2. The van der Waals surface area contributed by atoms with Crippen LogP contribution in [-0.2, 0) is 6.42 Å². The third kappa shape index (κ3) is 2.90. The normalized spacial score (nSPS) is 16.5. The van der Waals surface area contributed by atoms with E-state index in [1.165, 1.54) is 5.56 Å². The lowest BCUT2D eigenvalue weighted by molar-refractivity contribution is 0.0962. The lowest BCUT2D eigenvalue weighted by Crippen LogP contribution is -2.21. The number of carbonyl (C=O) groups excluding carboxylic acids is 1. The predicted molar refractivity (Wildman–Crippen MR) is 103 cm³/mol. The molecule has 1 aliphatic carbocycles. The van der Waals surface area contributed by atoms with Gasteiger partial charge in [0.05, 0.1) is 11.3 Å². The van der Waals surface area contributed by atoms with Crippen LogP contribution < -0.4 is 0 Å². The lowest BCUT2D eigenvalue weighted by Gasteiger charge is -2.22. The molecular formula is C21H15ClN4O. The van der Waals surface area contributed by atoms with Gasteiger partial charge < -0.3 is 0 Å². The van der Waals surface area contributed by atoms with Gasteiger partial charge in [0.15, 0.2) is 11.6 Å². The highest BCUT2D eigenvalue weighted by molar-refractivity contribution is 6.30. The maximum atomic E-state index is 12.7. The Morgan fingerprint density at radius 2 is 1.74 bits per heavy atom. The van der Waals surface area contributed by atoms with Crippen LogP contribution in [0.4, 0.5) is 0 Å². The Hall–Kier alpha value is -3.05. The van der Waals surface area contributed by atoms with Crippen LogP contribution in [0, 0.1) is 0 Å². The summed E-state index contributed by atoms with van der Waals surface area (Å²) in [4.78, 5) is 21.9. The molecule has 5 nitrogen and oxygen atoms in total. The summed E-state index contributed by atoms with van der Waals surface area (Å²) in [7, 11) is 0. The molecule has 1 aliphatic rings. The highest BCUT2D eigenvalue weighted by Gasteiger charge is 2.28. The van der Waals surface area contributed by atoms with Gasteiger partial charge in [0.1, 0.15) is 0 Å². The number of ketones is 1. The Morgan fingerprint density at radius 3 is 2.52 bits per heavy atom. The molecule has 0 bridgehead atoms. The van der Waals surface area contributed by atoms with E-state index >= 15 is 0 Å². The van der Waals surface area contributed by atoms with Crippen LogP contribution in [0.5, 0.6) is 0 Å². The molecule has 0 saturated carbocycles. The van der Waals surface area contributed by atoms with Gasteiger partial charge in [-0.25, -0.2) is 9.50 Å². The van der Waals surface area contributed by atoms with Gasteiger partial charge in [0, 0.05) is 23.2 Å². The molecule has 0 saturated heterocycles. The monoisotopic (exact) mass is 374 g/mol. The first-order chi connectivity index (χ1) is 13.2. The number of carbonyl (C=O) groups is 1. The third-order valence-electron chi connectivity index (χ3n) is 4.96. The average molecular weight is 375 g/mol. The van der Waals surface area contributed by atoms with Crippen molar-refractivity contribution in [2.24, 2.45) is 0 Å². The minimum absolute atomic E-state index is 0.100. The zero-order chi connectivity index (χ0) is 18.4. The van der Waals surface area contributed by atoms with Crippen molar-refractivity contribution >= 4 is 23.2 Å². The second kappa shape index (κ2) is 6.28. The quantitative estimate of drug-likeness (QED) is 0.523. The summed E-state index contributed by atoms with van der Waals surface area (Å²) in [5.74, 6) is 1.32. The molecular weight excluding hydrogens is 360 g/mol. The lowest BCUT2D eigenvalue weighted by atomic mass is 9.82. The van der Waals surface area contributed by atoms with Crippen molar-refractivity contribution in [2.75, 3.05) is 0 Å². The maximum Gasteiger partial charge on any atom is 0.252 e. The maximum absolute atomic E-state index is 12.7. The molecule has 0 radical (unpaired) electrons. The second-order valence-electron chi connectivity index (χ2n) is 6.73. The third-order valence-corrected chi connectivity index (χ3v) is 5.21. The first-order valence-electron chi connectivity index (χ1n) is 8.78. The van der Waals surface area contributed by atoms with E-state index in [9.17, 15) is 4.79 Å². The Morgan fingerprint density at radius 1 is 0.963 bits per heavy atom. The summed E-state index contributed by atoms with van der Waals surface area (Å²) in [5.41, 5.74) is 3.46. The molecule has 2 aromatic heterocycles. The van der Waals surface area contributed by atoms with E-state index in [1.54, 1.807) is 22.8 Å². The minimum Gasteiger partial charge on any atom is -0.294 e. The van der Waals surface area contributed by atoms with E-state index in [1.807, 2.05) is 30.3 Å². The molecule has 1 unspecified atom stereocenters. The largest absolute Gasteiger partial charge is 0.294 e. The molecule has 27 heavy (non-hydrogen) atoms. The van der Waals surface area contributed by atoms with Gasteiger partial charge in [-0.1, -0.05) is 41.9 Å². The highest BCUT2D eigenvalue weighted by Crippen LogP contribution is 2.32. The molecule has 0 amide bonds. The standard InChI is InChI=1S/C21H15ClN4O/c22-16-8-6-14(7-9-16)20-24-21-23-18-10-15(13-4-2-1-3-5-13)11-19(27)17(18)12-26(21)25-20/h1-9,12,15H,10-11H2. The highest BCUT2D eigenvalue weighted by atomic mass is 35.5. The van der Waals surface area contributed by atoms with Crippen molar-refractivity contribution < 1.29 is 4.79 Å². The number of Topliss-reactive ketones (excluding diaryl/α,β-unsaturated/α-hetero) is 1. The smallest absolute Gasteiger partial charge is 0.252 e. The van der Waals surface area contributed by atoms with Crippen molar-refractivity contribution in [1.82, 2.24) is 19.6 Å². The van der Waals surface area contributed by atoms with E-state index in [0.717, 1.165) is 17.7 Å². The van der Waals surface area contributed by atoms with Crippen LogP contribution in [-0.4, -0.2) is 25.4 Å². The van der Waals surface area contributed by atoms with Gasteiger partial charge >= 0.3 is 0 Å². The molecule has 0 fully saturated rings. The van der Waals surface area contributed by atoms with Crippen molar-refractivity contribution in [3.8, 4) is 11.4 Å². The van der Waals surface area contributed by atoms with Crippen LogP contribution in [0.25, 0.3) is 17.2 Å². The number of hydrogen-bond donors (Lipinski definition) is 0. The molecule has 0 aliphatic heterocycles.